The number of nitrogens with zero attached hydrogens (tertiary/aromatic N) is 3. The second kappa shape index (κ2) is 49.5. The van der Waals surface area contributed by atoms with E-state index in [-0.39, 0.29) is 85.0 Å². The Morgan fingerprint density at radius 1 is 0.585 bits per heavy atom. The molecule has 0 bridgehead atoms. The Labute approximate surface area is 479 Å². The van der Waals surface area contributed by atoms with Crippen molar-refractivity contribution in [3.05, 3.63) is 73.7 Å². The first-order valence-corrected chi connectivity index (χ1v) is 25.5. The molecule has 5 aliphatic rings. The molecule has 0 aliphatic heterocycles. The molecule has 5 rings (SSSR count). The van der Waals surface area contributed by atoms with Crippen molar-refractivity contribution in [3.8, 4) is 0 Å². The van der Waals surface area contributed by atoms with Crippen molar-refractivity contribution in [1.29, 1.82) is 0 Å². The highest BCUT2D eigenvalue weighted by Gasteiger charge is 2.59. The summed E-state index contributed by atoms with van der Waals surface area (Å²) >= 11 is 0. The van der Waals surface area contributed by atoms with Gasteiger partial charge in [0.1, 0.15) is 11.2 Å². The van der Waals surface area contributed by atoms with Gasteiger partial charge in [-0.25, -0.2) is 14.4 Å². The van der Waals surface area contributed by atoms with Crippen molar-refractivity contribution in [1.82, 2.24) is 10.6 Å². The van der Waals surface area contributed by atoms with Gasteiger partial charge < -0.3 is 29.6 Å². The molecular weight excluding hydrogens is 1080 g/mol. The molecule has 0 spiro atoms. The van der Waals surface area contributed by atoms with Gasteiger partial charge in [0.2, 0.25) is 5.91 Å². The summed E-state index contributed by atoms with van der Waals surface area (Å²) in [6.45, 7) is 43.5. The van der Waals surface area contributed by atoms with Crippen LogP contribution in [-0.4, -0.2) is 96.5 Å². The molecule has 26 heteroatoms. The standard InChI is InChI=1S/C12H21NO2.C11H16O4.C10H17NO2.C8H11N3O.C7H12.C2H6.6CO2/c1-6-9-8-12(9,7-2)13-10(14)15-11(3,4)5;1-4-8-7-11(8,5-2)9(12)15-10(13)14-6-3;1-5-7-6-8(7)11-9(12)13-10(2,3)4;1-3-6-5-8(6,4-2)7(12)10-11-9;1-3-6-5-7(6)4-2;1-2;6*2-1-3/h6,9H,1,7-8H2,2-5H3,(H,13,14);4,8H,1,5-7H2,2-3H3;5,7-8H,1,6H2,2-4H3,(H,11,12);3,6H,1,4-5H2,2H3;3,6-7H,1,4-5H2,2H3;1-2H3;;;;;;/t9-,12-;8-,11-;7-,8-;6-,8-;6-,7+;;;;;;;/m11111......./s1. The molecule has 0 aromatic heterocycles. The molecule has 0 aromatic carbocycles. The first kappa shape index (κ1) is 87.3. The van der Waals surface area contributed by atoms with E-state index < -0.39 is 34.2 Å². The van der Waals surface area contributed by atoms with Gasteiger partial charge in [0.05, 0.1) is 17.6 Å². The van der Waals surface area contributed by atoms with Gasteiger partial charge in [0.25, 0.3) is 0 Å². The minimum Gasteiger partial charge on any atom is -0.444 e. The maximum Gasteiger partial charge on any atom is 0.516 e. The van der Waals surface area contributed by atoms with Crippen LogP contribution in [0.5, 0.6) is 0 Å². The number of amides is 3. The van der Waals surface area contributed by atoms with Gasteiger partial charge in [-0.15, -0.1) is 32.9 Å². The largest absolute Gasteiger partial charge is 0.516 e. The van der Waals surface area contributed by atoms with Crippen LogP contribution in [0.3, 0.4) is 0 Å². The monoisotopic (exact) mass is 1160 g/mol. The zero-order valence-electron chi connectivity index (χ0n) is 49.4. The molecule has 0 radical (unpaired) electrons. The molecule has 0 unspecified atom stereocenters. The number of carbonyl (C=O) groups excluding carboxylic acids is 17. The Kier molecular flexibility index (Phi) is 52.7. The third-order valence-corrected chi connectivity index (χ3v) is 12.0. The van der Waals surface area contributed by atoms with Gasteiger partial charge in [0.15, 0.2) is 0 Å². The van der Waals surface area contributed by atoms with E-state index in [1.165, 1.54) is 12.8 Å². The van der Waals surface area contributed by atoms with Crippen molar-refractivity contribution in [2.75, 3.05) is 6.61 Å². The fraction of sp³-hybridized carbons (Fsp3) is 0.625. The second-order valence-electron chi connectivity index (χ2n) is 19.1. The summed E-state index contributed by atoms with van der Waals surface area (Å²) in [5.41, 5.74) is 6.21. The number of hydrogen-bond acceptors (Lipinski definition) is 21. The van der Waals surface area contributed by atoms with E-state index in [1.807, 2.05) is 81.4 Å². The summed E-state index contributed by atoms with van der Waals surface area (Å²) in [6.07, 6.45) is 17.8. The molecule has 458 valence electrons. The summed E-state index contributed by atoms with van der Waals surface area (Å²) in [7, 11) is 0. The number of hydrogen-bond donors (Lipinski definition) is 2. The highest BCUT2D eigenvalue weighted by Crippen LogP contribution is 2.57. The predicted molar refractivity (Wildman–Crippen MR) is 285 cm³/mol. The number of rotatable bonds is 14. The molecule has 0 heterocycles. The molecular formula is C56H83N5O21. The molecule has 5 fully saturated rings. The van der Waals surface area contributed by atoms with Crippen LogP contribution in [-0.2, 0) is 86.1 Å². The van der Waals surface area contributed by atoms with Crippen LogP contribution in [0.2, 0.25) is 0 Å². The first-order chi connectivity index (χ1) is 38.4. The summed E-state index contributed by atoms with van der Waals surface area (Å²) in [4.78, 5) is 157. The number of esters is 1. The number of nitrogens with one attached hydrogen (secondary N) is 2. The Morgan fingerprint density at radius 2 is 0.976 bits per heavy atom. The number of carbonyl (C=O) groups is 5. The van der Waals surface area contributed by atoms with Crippen molar-refractivity contribution < 1.29 is 100 Å². The van der Waals surface area contributed by atoms with E-state index in [1.54, 1.807) is 19.1 Å². The van der Waals surface area contributed by atoms with E-state index in [9.17, 15) is 24.0 Å². The number of azide groups is 1. The molecule has 5 aliphatic carbocycles. The lowest BCUT2D eigenvalue weighted by Gasteiger charge is -2.23. The molecule has 82 heavy (non-hydrogen) atoms. The van der Waals surface area contributed by atoms with Crippen molar-refractivity contribution in [2.24, 2.45) is 51.5 Å². The van der Waals surface area contributed by atoms with Crippen LogP contribution in [0, 0.1) is 46.3 Å². The van der Waals surface area contributed by atoms with E-state index in [0.717, 1.165) is 43.9 Å². The maximum atomic E-state index is 11.6. The Morgan fingerprint density at radius 3 is 1.23 bits per heavy atom. The van der Waals surface area contributed by atoms with Crippen LogP contribution in [0.1, 0.15) is 148 Å². The zero-order valence-corrected chi connectivity index (χ0v) is 49.4. The normalized spacial score (nSPS) is 23.3. The van der Waals surface area contributed by atoms with E-state index in [4.69, 9.17) is 72.5 Å². The minimum atomic E-state index is -0.912. The van der Waals surface area contributed by atoms with Gasteiger partial charge in [-0.05, 0) is 140 Å². The molecule has 10 atom stereocenters. The fourth-order valence-corrected chi connectivity index (χ4v) is 7.26. The van der Waals surface area contributed by atoms with Crippen molar-refractivity contribution in [2.45, 2.75) is 171 Å². The predicted octanol–water partition coefficient (Wildman–Crippen LogP) is 9.41. The first-order valence-electron chi connectivity index (χ1n) is 25.5. The molecule has 0 aromatic rings. The minimum absolute atomic E-state index is 0.0932. The lowest BCUT2D eigenvalue weighted by atomic mass is 10.00. The Bertz CT molecular complexity index is 2150. The van der Waals surface area contributed by atoms with Gasteiger partial charge in [0, 0.05) is 22.3 Å². The van der Waals surface area contributed by atoms with Crippen molar-refractivity contribution in [3.63, 3.8) is 0 Å². The lowest BCUT2D eigenvalue weighted by molar-refractivity contribution is -0.193. The van der Waals surface area contributed by atoms with Gasteiger partial charge in [-0.1, -0.05) is 78.3 Å². The molecule has 26 nitrogen and oxygen atoms in total. The summed E-state index contributed by atoms with van der Waals surface area (Å²) in [6, 6.07) is 0.243. The Hall–Kier alpha value is -8.56. The van der Waals surface area contributed by atoms with Gasteiger partial charge >= 0.3 is 61.2 Å². The van der Waals surface area contributed by atoms with Crippen molar-refractivity contribution >= 4 is 67.1 Å². The van der Waals surface area contributed by atoms with Crippen LogP contribution in [0.15, 0.2) is 68.4 Å². The van der Waals surface area contributed by atoms with Gasteiger partial charge in [-0.2, -0.15) is 57.5 Å². The van der Waals surface area contributed by atoms with Crippen LogP contribution >= 0.6 is 0 Å². The van der Waals surface area contributed by atoms with Crippen LogP contribution in [0.4, 0.5) is 14.4 Å². The zero-order chi connectivity index (χ0) is 65.9. The smallest absolute Gasteiger partial charge is 0.444 e. The highest BCUT2D eigenvalue weighted by atomic mass is 16.7. The van der Waals surface area contributed by atoms with Gasteiger partial charge in [-0.3, -0.25) is 9.59 Å². The molecule has 2 N–H and O–H groups in total. The maximum absolute atomic E-state index is 11.6. The fourth-order valence-electron chi connectivity index (χ4n) is 7.26. The summed E-state index contributed by atoms with van der Waals surface area (Å²) < 4.78 is 19.5. The van der Waals surface area contributed by atoms with Crippen LogP contribution < -0.4 is 10.6 Å². The average molecular weight is 1160 g/mol. The third-order valence-electron chi connectivity index (χ3n) is 12.0. The Balaban J connectivity index is -0.000000160. The highest BCUT2D eigenvalue weighted by molar-refractivity contribution is 5.89. The second-order valence-corrected chi connectivity index (χ2v) is 19.1. The van der Waals surface area contributed by atoms with E-state index in [2.05, 4.69) is 83.0 Å². The lowest BCUT2D eigenvalue weighted by Crippen LogP contribution is -2.41. The third kappa shape index (κ3) is 41.5. The number of alkyl carbamates (subject to hydrolysis) is 2. The molecule has 5 saturated carbocycles. The van der Waals surface area contributed by atoms with E-state index in [0.29, 0.717) is 24.7 Å². The average Bonchev–Trinajstić information content (AvgIpc) is 4.17. The summed E-state index contributed by atoms with van der Waals surface area (Å²) in [5, 5.41) is 8.84. The quantitative estimate of drug-likeness (QED) is 0.0311. The SMILES string of the molecule is C=C[C@@H]1C[C@@H]1CC.C=C[C@@H]1C[C@@]1(CC)C(=O)N=[N+]=[N-].C=C[C@@H]1C[C@@]1(CC)C(=O)OC(=O)OCC.C=C[C@@H]1C[C@@]1(CC)NC(=O)OC(C)(C)C.C=C[C@@H]1C[C@H]1NC(=O)OC(C)(C)C.CC.O=C=O.O=C=O.O=C=O.O=C=O.O=C=O.O=C=O. The number of ether oxygens (including phenoxy) is 4. The number of allylic oxidation sites excluding steroid dienone is 3. The van der Waals surface area contributed by atoms with E-state index >= 15 is 0 Å². The van der Waals surface area contributed by atoms with Crippen LogP contribution in [0.25, 0.3) is 10.4 Å². The topological polar surface area (TPSA) is 400 Å². The molecule has 0 saturated heterocycles. The summed E-state index contributed by atoms with van der Waals surface area (Å²) in [5.74, 6) is 2.22. The molecule has 3 amide bonds.